The van der Waals surface area contributed by atoms with E-state index in [1.54, 1.807) is 0 Å². The van der Waals surface area contributed by atoms with E-state index in [4.69, 9.17) is 11.0 Å². The molecule has 15 heavy (non-hydrogen) atoms. The molecule has 1 atom stereocenters. The van der Waals surface area contributed by atoms with Crippen molar-refractivity contribution in [2.75, 3.05) is 18.5 Å². The molecule has 0 radical (unpaired) electrons. The Balaban J connectivity index is 2.67. The highest BCUT2D eigenvalue weighted by atomic mass is 15.1. The molecule has 3 heteroatoms. The van der Waals surface area contributed by atoms with Crippen LogP contribution in [0.5, 0.6) is 0 Å². The van der Waals surface area contributed by atoms with Crippen LogP contribution in [-0.4, -0.2) is 13.6 Å². The van der Waals surface area contributed by atoms with Crippen molar-refractivity contribution in [3.8, 4) is 6.07 Å². The lowest BCUT2D eigenvalue weighted by Gasteiger charge is -2.18. The van der Waals surface area contributed by atoms with Crippen molar-refractivity contribution < 1.29 is 0 Å². The summed E-state index contributed by atoms with van der Waals surface area (Å²) in [6.07, 6.45) is 0.547. The Hall–Kier alpha value is -1.53. The number of nitriles is 1. The van der Waals surface area contributed by atoms with Crippen LogP contribution in [0, 0.1) is 11.3 Å². The van der Waals surface area contributed by atoms with E-state index in [2.05, 4.69) is 11.0 Å². The zero-order valence-corrected chi connectivity index (χ0v) is 9.27. The van der Waals surface area contributed by atoms with E-state index < -0.39 is 0 Å². The van der Waals surface area contributed by atoms with Crippen molar-refractivity contribution in [1.82, 2.24) is 0 Å². The zero-order valence-electron chi connectivity index (χ0n) is 9.27. The lowest BCUT2D eigenvalue weighted by Crippen LogP contribution is -2.18. The second-order valence-electron chi connectivity index (χ2n) is 3.71. The minimum absolute atomic E-state index is 0.0727. The van der Waals surface area contributed by atoms with Crippen LogP contribution in [0.1, 0.15) is 24.9 Å². The van der Waals surface area contributed by atoms with E-state index in [-0.39, 0.29) is 6.04 Å². The van der Waals surface area contributed by atoms with Gasteiger partial charge >= 0.3 is 0 Å². The van der Waals surface area contributed by atoms with Gasteiger partial charge in [-0.3, -0.25) is 0 Å². The molecule has 1 rings (SSSR count). The summed E-state index contributed by atoms with van der Waals surface area (Å²) in [6, 6.07) is 10.3. The molecule has 0 amide bonds. The Kier molecular flexibility index (Phi) is 4.14. The third-order valence-corrected chi connectivity index (χ3v) is 2.42. The van der Waals surface area contributed by atoms with E-state index in [0.29, 0.717) is 6.42 Å². The van der Waals surface area contributed by atoms with E-state index in [1.807, 2.05) is 38.2 Å². The first kappa shape index (κ1) is 11.5. The highest BCUT2D eigenvalue weighted by molar-refractivity contribution is 5.47. The molecule has 0 bridgehead atoms. The van der Waals surface area contributed by atoms with Gasteiger partial charge in [-0.05, 0) is 24.6 Å². The summed E-state index contributed by atoms with van der Waals surface area (Å²) in [6.45, 7) is 2.72. The molecule has 0 spiro atoms. The molecular weight excluding hydrogens is 186 g/mol. The van der Waals surface area contributed by atoms with Crippen molar-refractivity contribution >= 4 is 5.69 Å². The highest BCUT2D eigenvalue weighted by Gasteiger charge is 2.02. The van der Waals surface area contributed by atoms with Crippen molar-refractivity contribution in [3.63, 3.8) is 0 Å². The molecule has 0 fully saturated rings. The van der Waals surface area contributed by atoms with Crippen molar-refractivity contribution in [3.05, 3.63) is 29.8 Å². The minimum Gasteiger partial charge on any atom is -0.374 e. The van der Waals surface area contributed by atoms with Gasteiger partial charge in [0.25, 0.3) is 0 Å². The Morgan fingerprint density at radius 2 is 2.00 bits per heavy atom. The lowest BCUT2D eigenvalue weighted by molar-refractivity contribution is 0.817. The largest absolute Gasteiger partial charge is 0.374 e. The summed E-state index contributed by atoms with van der Waals surface area (Å²) in [4.78, 5) is 2.06. The Labute approximate surface area is 91.1 Å². The first-order chi connectivity index (χ1) is 7.15. The summed E-state index contributed by atoms with van der Waals surface area (Å²) in [5.74, 6) is 0. The SMILES string of the molecule is CC(N)c1ccc(N(C)CCC#N)cc1. The fourth-order valence-electron chi connectivity index (χ4n) is 1.38. The van der Waals surface area contributed by atoms with Crippen LogP contribution in [0.4, 0.5) is 5.69 Å². The molecule has 0 aliphatic carbocycles. The van der Waals surface area contributed by atoms with Gasteiger partial charge in [0.2, 0.25) is 0 Å². The summed E-state index contributed by atoms with van der Waals surface area (Å²) in [5, 5.41) is 8.49. The fraction of sp³-hybridized carbons (Fsp3) is 0.417. The van der Waals surface area contributed by atoms with Gasteiger partial charge in [-0.15, -0.1) is 0 Å². The number of hydrogen-bond donors (Lipinski definition) is 1. The molecule has 3 nitrogen and oxygen atoms in total. The molecule has 2 N–H and O–H groups in total. The van der Waals surface area contributed by atoms with Gasteiger partial charge in [0.15, 0.2) is 0 Å². The maximum Gasteiger partial charge on any atom is 0.0640 e. The lowest BCUT2D eigenvalue weighted by atomic mass is 10.1. The second-order valence-corrected chi connectivity index (χ2v) is 3.71. The maximum absolute atomic E-state index is 8.49. The molecule has 0 saturated heterocycles. The molecule has 0 aliphatic rings. The van der Waals surface area contributed by atoms with Crippen molar-refractivity contribution in [1.29, 1.82) is 5.26 Å². The van der Waals surface area contributed by atoms with Crippen LogP contribution in [0.2, 0.25) is 0 Å². The van der Waals surface area contributed by atoms with Gasteiger partial charge < -0.3 is 10.6 Å². The summed E-state index contributed by atoms with van der Waals surface area (Å²) in [5.41, 5.74) is 8.02. The van der Waals surface area contributed by atoms with Crippen LogP contribution in [0.3, 0.4) is 0 Å². The van der Waals surface area contributed by atoms with Gasteiger partial charge in [0.1, 0.15) is 0 Å². The minimum atomic E-state index is 0.0727. The molecular formula is C12H17N3. The standard InChI is InChI=1S/C12H17N3/c1-10(14)11-4-6-12(7-5-11)15(2)9-3-8-13/h4-7,10H,3,9,14H2,1-2H3. The summed E-state index contributed by atoms with van der Waals surface area (Å²) >= 11 is 0. The predicted molar refractivity (Wildman–Crippen MR) is 62.5 cm³/mol. The number of hydrogen-bond acceptors (Lipinski definition) is 3. The second kappa shape index (κ2) is 5.38. The van der Waals surface area contributed by atoms with Gasteiger partial charge in [-0.2, -0.15) is 5.26 Å². The van der Waals surface area contributed by atoms with E-state index >= 15 is 0 Å². The molecule has 1 aromatic carbocycles. The van der Waals surface area contributed by atoms with Gasteiger partial charge in [0, 0.05) is 25.3 Å². The molecule has 0 aromatic heterocycles. The summed E-state index contributed by atoms with van der Waals surface area (Å²) < 4.78 is 0. The zero-order chi connectivity index (χ0) is 11.3. The quantitative estimate of drug-likeness (QED) is 0.814. The van der Waals surface area contributed by atoms with Crippen LogP contribution >= 0.6 is 0 Å². The Bertz CT molecular complexity index is 335. The first-order valence-electron chi connectivity index (χ1n) is 5.08. The van der Waals surface area contributed by atoms with Gasteiger partial charge in [-0.25, -0.2) is 0 Å². The third kappa shape index (κ3) is 3.26. The van der Waals surface area contributed by atoms with E-state index in [0.717, 1.165) is 17.8 Å². The summed E-state index contributed by atoms with van der Waals surface area (Å²) in [7, 11) is 1.98. The third-order valence-electron chi connectivity index (χ3n) is 2.42. The average Bonchev–Trinajstić information content (AvgIpc) is 2.26. The van der Waals surface area contributed by atoms with Crippen LogP contribution in [0.15, 0.2) is 24.3 Å². The molecule has 80 valence electrons. The topological polar surface area (TPSA) is 53.0 Å². The fourth-order valence-corrected chi connectivity index (χ4v) is 1.38. The normalized spacial score (nSPS) is 11.9. The number of nitrogens with zero attached hydrogens (tertiary/aromatic N) is 2. The molecule has 0 saturated carbocycles. The van der Waals surface area contributed by atoms with Crippen molar-refractivity contribution in [2.24, 2.45) is 5.73 Å². The Morgan fingerprint density at radius 1 is 1.40 bits per heavy atom. The van der Waals surface area contributed by atoms with Crippen LogP contribution in [0.25, 0.3) is 0 Å². The van der Waals surface area contributed by atoms with Crippen LogP contribution in [-0.2, 0) is 0 Å². The van der Waals surface area contributed by atoms with E-state index in [9.17, 15) is 0 Å². The predicted octanol–water partition coefficient (Wildman–Crippen LogP) is 2.06. The number of benzene rings is 1. The number of nitrogens with two attached hydrogens (primary N) is 1. The van der Waals surface area contributed by atoms with Gasteiger partial charge in [0.05, 0.1) is 12.5 Å². The average molecular weight is 203 g/mol. The van der Waals surface area contributed by atoms with E-state index in [1.165, 1.54) is 0 Å². The molecule has 0 aliphatic heterocycles. The molecule has 1 unspecified atom stereocenters. The first-order valence-corrected chi connectivity index (χ1v) is 5.08. The number of rotatable bonds is 4. The van der Waals surface area contributed by atoms with Crippen LogP contribution < -0.4 is 10.6 Å². The smallest absolute Gasteiger partial charge is 0.0640 e. The van der Waals surface area contributed by atoms with Gasteiger partial charge in [-0.1, -0.05) is 12.1 Å². The highest BCUT2D eigenvalue weighted by Crippen LogP contribution is 2.16. The molecule has 0 heterocycles. The number of anilines is 1. The monoisotopic (exact) mass is 203 g/mol. The Morgan fingerprint density at radius 3 is 2.47 bits per heavy atom. The van der Waals surface area contributed by atoms with Crippen molar-refractivity contribution in [2.45, 2.75) is 19.4 Å². The maximum atomic E-state index is 8.49. The molecule has 1 aromatic rings.